The van der Waals surface area contributed by atoms with E-state index in [1.54, 1.807) is 25.2 Å². The zero-order valence-electron chi connectivity index (χ0n) is 21.0. The first-order chi connectivity index (χ1) is 17.5. The van der Waals surface area contributed by atoms with Crippen molar-refractivity contribution < 1.29 is 9.59 Å². The van der Waals surface area contributed by atoms with Gasteiger partial charge in [-0.2, -0.15) is 4.98 Å². The van der Waals surface area contributed by atoms with Gasteiger partial charge in [0, 0.05) is 57.4 Å². The van der Waals surface area contributed by atoms with Crippen LogP contribution < -0.4 is 10.6 Å². The van der Waals surface area contributed by atoms with Crippen molar-refractivity contribution >= 4 is 34.6 Å². The molecule has 3 fully saturated rings. The number of rotatable bonds is 4. The average Bonchev–Trinajstić information content (AvgIpc) is 3.61. The highest BCUT2D eigenvalue weighted by Gasteiger charge is 2.36. The fourth-order valence-corrected chi connectivity index (χ4v) is 6.11. The van der Waals surface area contributed by atoms with Gasteiger partial charge in [-0.15, -0.1) is 0 Å². The minimum atomic E-state index is -0.226. The van der Waals surface area contributed by atoms with Crippen molar-refractivity contribution in [2.45, 2.75) is 44.2 Å². The van der Waals surface area contributed by atoms with Gasteiger partial charge in [-0.25, -0.2) is 4.98 Å². The van der Waals surface area contributed by atoms with Crippen LogP contribution in [0.3, 0.4) is 0 Å². The Morgan fingerprint density at radius 3 is 2.75 bits per heavy atom. The van der Waals surface area contributed by atoms with Crippen molar-refractivity contribution in [2.24, 2.45) is 16.8 Å². The SMILES string of the molecule is CN(C)C(=O)c1cc2cnc(NC3=NCC(C(=O)N4CC5CNC(C5)C4)C=C3)nc2n1C1CCCC1. The van der Waals surface area contributed by atoms with E-state index in [4.69, 9.17) is 4.98 Å². The molecule has 2 aromatic heterocycles. The molecule has 10 nitrogen and oxygen atoms in total. The van der Waals surface area contributed by atoms with Crippen LogP contribution in [0.15, 0.2) is 29.4 Å². The topological polar surface area (TPSA) is 108 Å². The lowest BCUT2D eigenvalue weighted by Gasteiger charge is -2.33. The van der Waals surface area contributed by atoms with E-state index in [1.165, 1.54) is 6.42 Å². The van der Waals surface area contributed by atoms with E-state index in [-0.39, 0.29) is 23.8 Å². The number of amidine groups is 1. The van der Waals surface area contributed by atoms with E-state index >= 15 is 0 Å². The van der Waals surface area contributed by atoms with Gasteiger partial charge in [0.25, 0.3) is 5.91 Å². The molecule has 190 valence electrons. The molecule has 3 aliphatic heterocycles. The summed E-state index contributed by atoms with van der Waals surface area (Å²) in [5.41, 5.74) is 1.43. The standard InChI is InChI=1S/C26H34N8O2/c1-32(2)25(36)21-10-18-13-29-26(31-23(18)34(21)20-5-3-4-6-20)30-22-8-7-17(12-28-22)24(35)33-14-16-9-19(15-33)27-11-16/h7-8,10,13,16-17,19-20,27H,3-6,9,11-12,14-15H2,1-2H3,(H,28,29,30,31). The van der Waals surface area contributed by atoms with E-state index in [9.17, 15) is 9.59 Å². The number of nitrogens with one attached hydrogen (secondary N) is 2. The van der Waals surface area contributed by atoms with Gasteiger partial charge < -0.3 is 25.0 Å². The molecule has 10 heteroatoms. The summed E-state index contributed by atoms with van der Waals surface area (Å²) in [6.45, 7) is 3.06. The van der Waals surface area contributed by atoms with E-state index in [0.29, 0.717) is 36.0 Å². The predicted molar refractivity (Wildman–Crippen MR) is 138 cm³/mol. The van der Waals surface area contributed by atoms with Gasteiger partial charge in [0.05, 0.1) is 12.5 Å². The Balaban J connectivity index is 1.19. The monoisotopic (exact) mass is 490 g/mol. The summed E-state index contributed by atoms with van der Waals surface area (Å²) >= 11 is 0. The van der Waals surface area contributed by atoms with E-state index in [1.807, 2.05) is 23.1 Å². The fraction of sp³-hybridized carbons (Fsp3) is 0.577. The van der Waals surface area contributed by atoms with Crippen molar-refractivity contribution in [2.75, 3.05) is 45.6 Å². The number of nitrogens with zero attached hydrogens (tertiary/aromatic N) is 6. The summed E-state index contributed by atoms with van der Waals surface area (Å²) in [5, 5.41) is 7.57. The van der Waals surface area contributed by atoms with Crippen molar-refractivity contribution in [3.05, 3.63) is 30.1 Å². The lowest BCUT2D eigenvalue weighted by atomic mass is 9.97. The second kappa shape index (κ2) is 9.31. The fourth-order valence-electron chi connectivity index (χ4n) is 6.11. The van der Waals surface area contributed by atoms with Gasteiger partial charge in [0.15, 0.2) is 0 Å². The van der Waals surface area contributed by atoms with Gasteiger partial charge in [-0.1, -0.05) is 18.9 Å². The van der Waals surface area contributed by atoms with Crippen LogP contribution in [0.1, 0.15) is 48.6 Å². The normalized spacial score (nSPS) is 25.9. The Hall–Kier alpha value is -3.27. The number of aliphatic imine (C=N–C) groups is 1. The van der Waals surface area contributed by atoms with Gasteiger partial charge >= 0.3 is 0 Å². The largest absolute Gasteiger partial charge is 0.343 e. The van der Waals surface area contributed by atoms with Gasteiger partial charge in [0.1, 0.15) is 17.2 Å². The van der Waals surface area contributed by atoms with Crippen LogP contribution in [0, 0.1) is 11.8 Å². The Labute approximate surface area is 210 Å². The molecule has 0 aromatic carbocycles. The number of aromatic nitrogens is 3. The number of carbonyl (C=O) groups excluding carboxylic acids is 2. The number of amides is 2. The minimum Gasteiger partial charge on any atom is -0.343 e. The number of anilines is 1. The first-order valence-electron chi connectivity index (χ1n) is 13.1. The second-order valence-corrected chi connectivity index (χ2v) is 10.8. The van der Waals surface area contributed by atoms with Crippen LogP contribution in [0.2, 0.25) is 0 Å². The lowest BCUT2D eigenvalue weighted by Crippen LogP contribution is -2.47. The Morgan fingerprint density at radius 1 is 1.19 bits per heavy atom. The number of dihydropyridines is 1. The maximum atomic E-state index is 13.1. The Bertz CT molecular complexity index is 1230. The van der Waals surface area contributed by atoms with Crippen LogP contribution in [0.5, 0.6) is 0 Å². The molecule has 1 saturated carbocycles. The van der Waals surface area contributed by atoms with Crippen LogP contribution in [0.4, 0.5) is 5.95 Å². The molecule has 0 radical (unpaired) electrons. The van der Waals surface area contributed by atoms with E-state index in [2.05, 4.69) is 25.2 Å². The number of piperidine rings is 1. The number of carbonyl (C=O) groups is 2. The zero-order valence-corrected chi connectivity index (χ0v) is 21.0. The minimum absolute atomic E-state index is 0.0257. The molecule has 1 aliphatic carbocycles. The maximum absolute atomic E-state index is 13.1. The number of fused-ring (bicyclic) bond motifs is 3. The smallest absolute Gasteiger partial charge is 0.270 e. The van der Waals surface area contributed by atoms with Crippen molar-refractivity contribution in [3.8, 4) is 0 Å². The molecule has 3 atom stereocenters. The molecule has 2 amide bonds. The highest BCUT2D eigenvalue weighted by atomic mass is 16.2. The summed E-state index contributed by atoms with van der Waals surface area (Å²) in [4.78, 5) is 43.5. The molecular weight excluding hydrogens is 456 g/mol. The van der Waals surface area contributed by atoms with Crippen LogP contribution >= 0.6 is 0 Å². The maximum Gasteiger partial charge on any atom is 0.270 e. The van der Waals surface area contributed by atoms with Crippen molar-refractivity contribution in [1.82, 2.24) is 29.7 Å². The molecular formula is C26H34N8O2. The summed E-state index contributed by atoms with van der Waals surface area (Å²) in [7, 11) is 3.55. The quantitative estimate of drug-likeness (QED) is 0.679. The third kappa shape index (κ3) is 4.27. The van der Waals surface area contributed by atoms with Gasteiger partial charge in [-0.3, -0.25) is 14.6 Å². The number of hydrogen-bond donors (Lipinski definition) is 2. The summed E-state index contributed by atoms with van der Waals surface area (Å²) < 4.78 is 2.10. The zero-order chi connectivity index (χ0) is 24.8. The van der Waals surface area contributed by atoms with Gasteiger partial charge in [0.2, 0.25) is 11.9 Å². The third-order valence-corrected chi connectivity index (χ3v) is 7.94. The Kier molecular flexibility index (Phi) is 5.99. The van der Waals surface area contributed by atoms with Crippen molar-refractivity contribution in [1.29, 1.82) is 0 Å². The van der Waals surface area contributed by atoms with Crippen LogP contribution in [-0.4, -0.2) is 88.3 Å². The van der Waals surface area contributed by atoms with E-state index in [0.717, 1.165) is 56.4 Å². The number of likely N-dealkylation sites (tertiary alicyclic amines) is 1. The molecule has 5 heterocycles. The highest BCUT2D eigenvalue weighted by Crippen LogP contribution is 2.34. The van der Waals surface area contributed by atoms with Crippen LogP contribution in [0.25, 0.3) is 11.0 Å². The summed E-state index contributed by atoms with van der Waals surface area (Å²) in [6, 6.07) is 2.60. The first-order valence-corrected chi connectivity index (χ1v) is 13.1. The summed E-state index contributed by atoms with van der Waals surface area (Å²) in [6.07, 6.45) is 11.1. The molecule has 2 bridgehead atoms. The molecule has 0 spiro atoms. The van der Waals surface area contributed by atoms with E-state index < -0.39 is 0 Å². The van der Waals surface area contributed by atoms with Crippen LogP contribution in [-0.2, 0) is 4.79 Å². The molecule has 3 unspecified atom stereocenters. The second-order valence-electron chi connectivity index (χ2n) is 10.8. The lowest BCUT2D eigenvalue weighted by molar-refractivity contribution is -0.135. The predicted octanol–water partition coefficient (Wildman–Crippen LogP) is 2.06. The highest BCUT2D eigenvalue weighted by molar-refractivity contribution is 6.04. The molecule has 6 rings (SSSR count). The molecule has 2 N–H and O–H groups in total. The first kappa shape index (κ1) is 23.1. The number of hydrogen-bond acceptors (Lipinski definition) is 7. The summed E-state index contributed by atoms with van der Waals surface area (Å²) in [5.74, 6) is 1.57. The molecule has 4 aliphatic rings. The van der Waals surface area contributed by atoms with Crippen molar-refractivity contribution in [3.63, 3.8) is 0 Å². The average molecular weight is 491 g/mol. The molecule has 2 saturated heterocycles. The van der Waals surface area contributed by atoms with Gasteiger partial charge in [-0.05, 0) is 37.3 Å². The molecule has 2 aromatic rings. The molecule has 36 heavy (non-hydrogen) atoms. The third-order valence-electron chi connectivity index (χ3n) is 7.94. The Morgan fingerprint density at radius 2 is 2.03 bits per heavy atom.